The first-order chi connectivity index (χ1) is 16.9. The number of imidazole rings is 1. The van der Waals surface area contributed by atoms with Gasteiger partial charge in [-0.1, -0.05) is 0 Å². The summed E-state index contributed by atoms with van der Waals surface area (Å²) in [4.78, 5) is 17.7. The summed E-state index contributed by atoms with van der Waals surface area (Å²) in [6, 6.07) is 4.05. The van der Waals surface area contributed by atoms with Crippen molar-refractivity contribution < 1.29 is 21.6 Å². The Morgan fingerprint density at radius 1 is 1.14 bits per heavy atom. The summed E-state index contributed by atoms with van der Waals surface area (Å²) in [5, 5.41) is 0. The van der Waals surface area contributed by atoms with Gasteiger partial charge in [-0.05, 0) is 44.9 Å². The molecule has 36 heavy (non-hydrogen) atoms. The number of nitrogens with zero attached hydrogens (tertiary/aromatic N) is 6. The van der Waals surface area contributed by atoms with Gasteiger partial charge in [-0.3, -0.25) is 9.30 Å². The minimum absolute atomic E-state index is 0.0784. The Labute approximate surface area is 207 Å². The predicted molar refractivity (Wildman–Crippen MR) is 129 cm³/mol. The van der Waals surface area contributed by atoms with Gasteiger partial charge in [0.25, 0.3) is 0 Å². The molecule has 1 unspecified atom stereocenters. The number of aromatic nitrogens is 4. The zero-order valence-corrected chi connectivity index (χ0v) is 21.0. The van der Waals surface area contributed by atoms with Crippen LogP contribution in [0.15, 0.2) is 36.8 Å². The molecule has 3 aromatic heterocycles. The summed E-state index contributed by atoms with van der Waals surface area (Å²) >= 11 is 0. The number of piperazine rings is 1. The van der Waals surface area contributed by atoms with Crippen molar-refractivity contribution in [3.05, 3.63) is 42.4 Å². The molecule has 2 fully saturated rings. The smallest absolute Gasteiger partial charge is 0.351 e. The van der Waals surface area contributed by atoms with E-state index in [0.29, 0.717) is 29.7 Å². The molecule has 5 rings (SSSR count). The highest BCUT2D eigenvalue weighted by Gasteiger charge is 2.44. The molecule has 0 amide bonds. The van der Waals surface area contributed by atoms with Gasteiger partial charge in [-0.2, -0.15) is 13.2 Å². The van der Waals surface area contributed by atoms with Crippen LogP contribution in [-0.2, 0) is 16.2 Å². The summed E-state index contributed by atoms with van der Waals surface area (Å²) in [5.41, 5.74) is -0.0736. The van der Waals surface area contributed by atoms with Gasteiger partial charge in [0.2, 0.25) is 10.0 Å². The number of hydrogen-bond donors (Lipinski definition) is 1. The molecule has 194 valence electrons. The molecule has 2 aliphatic rings. The third-order valence-electron chi connectivity index (χ3n) is 6.89. The number of halogens is 3. The maximum atomic E-state index is 13.3. The van der Waals surface area contributed by atoms with Crippen LogP contribution in [0.25, 0.3) is 17.2 Å². The second-order valence-electron chi connectivity index (χ2n) is 9.60. The highest BCUT2D eigenvalue weighted by molar-refractivity contribution is 7.88. The van der Waals surface area contributed by atoms with Gasteiger partial charge in [0.15, 0.2) is 5.82 Å². The molecule has 0 radical (unpaired) electrons. The molecular weight excluding hydrogens is 495 g/mol. The second-order valence-corrected chi connectivity index (χ2v) is 11.4. The lowest BCUT2D eigenvalue weighted by Gasteiger charge is -2.49. The molecule has 1 saturated heterocycles. The SMILES string of the molecule is C[C@H](NS(C)(=O)=O)C1[C@@H](C)N(c2ccnc(-c3cnc4ccc(C(F)(F)F)cn34)n2)CCN1C1CC1. The van der Waals surface area contributed by atoms with Crippen LogP contribution in [-0.4, -0.2) is 76.2 Å². The average molecular weight is 524 g/mol. The lowest BCUT2D eigenvalue weighted by molar-refractivity contribution is -0.137. The van der Waals surface area contributed by atoms with E-state index in [0.717, 1.165) is 37.9 Å². The Morgan fingerprint density at radius 3 is 2.56 bits per heavy atom. The number of anilines is 1. The monoisotopic (exact) mass is 523 g/mol. The van der Waals surface area contributed by atoms with Crippen LogP contribution >= 0.6 is 0 Å². The molecule has 13 heteroatoms. The van der Waals surface area contributed by atoms with Gasteiger partial charge in [-0.15, -0.1) is 0 Å². The van der Waals surface area contributed by atoms with Gasteiger partial charge in [0, 0.05) is 49.7 Å². The number of hydrogen-bond acceptors (Lipinski definition) is 7. The quantitative estimate of drug-likeness (QED) is 0.531. The Bertz CT molecular complexity index is 1370. The standard InChI is InChI=1S/C23H28F3N7O2S/c1-14(30-36(3,34)35)21-15(2)31(10-11-32(21)17-5-6-17)20-8-9-27-22(29-20)18-12-28-19-7-4-16(13-33(18)19)23(24,25)26/h4,7-9,12-15,17,21,30H,5-6,10-11H2,1-3H3/t14-,15+,21?/m0/s1. The third kappa shape index (κ3) is 4.91. The first kappa shape index (κ1) is 24.9. The van der Waals surface area contributed by atoms with E-state index in [1.165, 1.54) is 16.7 Å². The first-order valence-electron chi connectivity index (χ1n) is 11.8. The lowest BCUT2D eigenvalue weighted by Crippen LogP contribution is -2.65. The number of alkyl halides is 3. The van der Waals surface area contributed by atoms with Gasteiger partial charge in [0.1, 0.15) is 17.2 Å². The largest absolute Gasteiger partial charge is 0.417 e. The van der Waals surface area contributed by atoms with E-state index >= 15 is 0 Å². The van der Waals surface area contributed by atoms with Crippen LogP contribution in [0, 0.1) is 0 Å². The lowest BCUT2D eigenvalue weighted by atomic mass is 9.96. The number of rotatable bonds is 6. The molecule has 9 nitrogen and oxygen atoms in total. The molecular formula is C23H28F3N7O2S. The van der Waals surface area contributed by atoms with Gasteiger partial charge in [0.05, 0.1) is 18.0 Å². The van der Waals surface area contributed by atoms with E-state index in [-0.39, 0.29) is 23.9 Å². The maximum absolute atomic E-state index is 13.3. The average Bonchev–Trinajstić information content (AvgIpc) is 3.55. The van der Waals surface area contributed by atoms with Crippen molar-refractivity contribution in [3.8, 4) is 11.5 Å². The molecule has 0 aromatic carbocycles. The van der Waals surface area contributed by atoms with E-state index in [1.807, 2.05) is 13.8 Å². The normalized spacial score (nSPS) is 22.8. The van der Waals surface area contributed by atoms with E-state index in [9.17, 15) is 21.6 Å². The summed E-state index contributed by atoms with van der Waals surface area (Å²) in [6.45, 7) is 5.36. The zero-order chi connectivity index (χ0) is 25.8. The van der Waals surface area contributed by atoms with Crippen LogP contribution in [0.2, 0.25) is 0 Å². The van der Waals surface area contributed by atoms with Crippen molar-refractivity contribution in [2.24, 2.45) is 0 Å². The van der Waals surface area contributed by atoms with Crippen LogP contribution in [0.3, 0.4) is 0 Å². The van der Waals surface area contributed by atoms with Crippen molar-refractivity contribution in [2.75, 3.05) is 24.2 Å². The van der Waals surface area contributed by atoms with Crippen molar-refractivity contribution in [3.63, 3.8) is 0 Å². The van der Waals surface area contributed by atoms with Crippen molar-refractivity contribution in [2.45, 2.75) is 57.0 Å². The molecule has 0 bridgehead atoms. The Balaban J connectivity index is 1.48. The number of nitrogens with one attached hydrogen (secondary N) is 1. The fraction of sp³-hybridized carbons (Fsp3) is 0.522. The fourth-order valence-electron chi connectivity index (χ4n) is 5.25. The van der Waals surface area contributed by atoms with Gasteiger partial charge in [-0.25, -0.2) is 28.1 Å². The molecule has 1 aliphatic heterocycles. The third-order valence-corrected chi connectivity index (χ3v) is 7.69. The number of fused-ring (bicyclic) bond motifs is 1. The molecule has 3 atom stereocenters. The predicted octanol–water partition coefficient (Wildman–Crippen LogP) is 2.79. The van der Waals surface area contributed by atoms with Crippen molar-refractivity contribution in [1.82, 2.24) is 29.0 Å². The molecule has 4 heterocycles. The van der Waals surface area contributed by atoms with Crippen LogP contribution in [0.1, 0.15) is 32.3 Å². The van der Waals surface area contributed by atoms with Crippen LogP contribution < -0.4 is 9.62 Å². The summed E-state index contributed by atoms with van der Waals surface area (Å²) < 4.78 is 67.9. The number of sulfonamides is 1. The summed E-state index contributed by atoms with van der Waals surface area (Å²) in [6.07, 6.45) is 2.91. The molecule has 3 aromatic rings. The molecule has 1 N–H and O–H groups in total. The first-order valence-corrected chi connectivity index (χ1v) is 13.7. The van der Waals surface area contributed by atoms with E-state index in [4.69, 9.17) is 4.98 Å². The molecule has 1 saturated carbocycles. The minimum Gasteiger partial charge on any atom is -0.351 e. The topological polar surface area (TPSA) is 95.7 Å². The summed E-state index contributed by atoms with van der Waals surface area (Å²) in [5.74, 6) is 0.886. The Kier molecular flexibility index (Phi) is 6.20. The van der Waals surface area contributed by atoms with Crippen LogP contribution in [0.5, 0.6) is 0 Å². The van der Waals surface area contributed by atoms with Crippen molar-refractivity contribution >= 4 is 21.5 Å². The maximum Gasteiger partial charge on any atom is 0.417 e. The molecule has 1 aliphatic carbocycles. The van der Waals surface area contributed by atoms with E-state index < -0.39 is 21.8 Å². The Morgan fingerprint density at radius 2 is 1.89 bits per heavy atom. The fourth-order valence-corrected chi connectivity index (χ4v) is 6.07. The Hall–Kier alpha value is -2.77. The number of pyridine rings is 1. The highest BCUT2D eigenvalue weighted by atomic mass is 32.2. The minimum atomic E-state index is -4.49. The molecule has 0 spiro atoms. The second kappa shape index (κ2) is 8.96. The summed E-state index contributed by atoms with van der Waals surface area (Å²) in [7, 11) is -3.39. The van der Waals surface area contributed by atoms with Crippen molar-refractivity contribution in [1.29, 1.82) is 0 Å². The van der Waals surface area contributed by atoms with E-state index in [1.54, 1.807) is 12.3 Å². The highest BCUT2D eigenvalue weighted by Crippen LogP contribution is 2.35. The van der Waals surface area contributed by atoms with Gasteiger partial charge >= 0.3 is 6.18 Å². The van der Waals surface area contributed by atoms with Crippen LogP contribution in [0.4, 0.5) is 19.0 Å². The van der Waals surface area contributed by atoms with Gasteiger partial charge < -0.3 is 4.90 Å². The zero-order valence-electron chi connectivity index (χ0n) is 20.1. The van der Waals surface area contributed by atoms with E-state index in [2.05, 4.69) is 24.5 Å².